The number of terminal acetylenes is 1. The van der Waals surface area contributed by atoms with Crippen molar-refractivity contribution in [3.63, 3.8) is 0 Å². The summed E-state index contributed by atoms with van der Waals surface area (Å²) in [6, 6.07) is 2.61. The molecule has 0 bridgehead atoms. The van der Waals surface area contributed by atoms with Crippen molar-refractivity contribution in [1.82, 2.24) is 28.6 Å². The van der Waals surface area contributed by atoms with Gasteiger partial charge in [0.15, 0.2) is 12.4 Å². The van der Waals surface area contributed by atoms with Crippen LogP contribution < -0.4 is 29.2 Å². The minimum Gasteiger partial charge on any atom is -0.481 e. The number of sulfonamides is 1. The van der Waals surface area contributed by atoms with Crippen LogP contribution in [0.5, 0.6) is 11.8 Å². The summed E-state index contributed by atoms with van der Waals surface area (Å²) < 4.78 is 57.0. The molecule has 0 saturated carbocycles. The quantitative estimate of drug-likeness (QED) is 0.233. The van der Waals surface area contributed by atoms with E-state index in [1.807, 2.05) is 4.57 Å². The van der Waals surface area contributed by atoms with E-state index < -0.39 is 37.6 Å². The molecule has 3 N–H and O–H groups in total. The highest BCUT2D eigenvalue weighted by Gasteiger charge is 2.31. The maximum Gasteiger partial charge on any atom is 0.347 e. The molecular formula is C29H28FN9O8S3. The molecule has 0 saturated heterocycles. The first-order chi connectivity index (χ1) is 23.6. The van der Waals surface area contributed by atoms with Crippen molar-refractivity contribution < 1.29 is 41.8 Å². The topological polar surface area (TPSA) is 220 Å². The van der Waals surface area contributed by atoms with E-state index in [9.17, 15) is 27.2 Å². The number of hydrogen-bond acceptors (Lipinski definition) is 14. The molecule has 2 aliphatic heterocycles. The molecule has 0 atom stereocenters. The zero-order valence-corrected chi connectivity index (χ0v) is 29.2. The van der Waals surface area contributed by atoms with E-state index in [4.69, 9.17) is 21.0 Å². The van der Waals surface area contributed by atoms with Crippen LogP contribution in [0.1, 0.15) is 35.2 Å². The molecular weight excluding hydrogens is 718 g/mol. The number of carbonyl (C=O) groups is 3. The smallest absolute Gasteiger partial charge is 0.347 e. The summed E-state index contributed by atoms with van der Waals surface area (Å²) in [6.45, 7) is 6.58. The number of urea groups is 1. The summed E-state index contributed by atoms with van der Waals surface area (Å²) >= 11 is 1.96. The van der Waals surface area contributed by atoms with E-state index in [-0.39, 0.29) is 47.9 Å². The van der Waals surface area contributed by atoms with Crippen LogP contribution in [0.2, 0.25) is 0 Å². The summed E-state index contributed by atoms with van der Waals surface area (Å²) in [5.41, 5.74) is 0.678. The van der Waals surface area contributed by atoms with E-state index in [2.05, 4.69) is 49.4 Å². The summed E-state index contributed by atoms with van der Waals surface area (Å²) in [4.78, 5) is 51.8. The van der Waals surface area contributed by atoms with Gasteiger partial charge in [-0.15, -0.1) is 17.8 Å². The molecule has 0 fully saturated rings. The number of fused-ring (bicyclic) bond motifs is 2. The third kappa shape index (κ3) is 7.88. The van der Waals surface area contributed by atoms with E-state index in [1.165, 1.54) is 48.0 Å². The molecule has 0 spiro atoms. The third-order valence-electron chi connectivity index (χ3n) is 6.91. The number of thiophene rings is 1. The first-order valence-corrected chi connectivity index (χ1v) is 17.5. The summed E-state index contributed by atoms with van der Waals surface area (Å²) in [6.07, 6.45) is 6.22. The second-order valence-electron chi connectivity index (χ2n) is 11.3. The van der Waals surface area contributed by atoms with Gasteiger partial charge in [-0.1, -0.05) is 19.8 Å². The average molecular weight is 746 g/mol. The van der Waals surface area contributed by atoms with Gasteiger partial charge in [-0.2, -0.15) is 19.3 Å². The Morgan fingerprint density at radius 1 is 1.28 bits per heavy atom. The maximum absolute atomic E-state index is 14.5. The number of carboxylic acid groups (broad SMARTS) is 1. The Hall–Kier alpha value is -5.46. The number of aromatic nitrogens is 5. The monoisotopic (exact) mass is 745 g/mol. The minimum absolute atomic E-state index is 0.0633. The normalized spacial score (nSPS) is 14.8. The lowest BCUT2D eigenvalue weighted by Gasteiger charge is -2.28. The molecule has 3 aromatic heterocycles. The standard InChI is InChI=1S/C18H17FN4O2S.C11H11N5O6S2/c1-4-5-22-13-7-12(11(19)6-14(13)25-9-16(22)24)20-17-23-10-18(2,3)8-15(23)21-26-17;1-5-12-9(15-11(13-5)22-2)14-10(19)16-24(20,21)6-3-4-23-7(6)8(17)18/h1,6-7H,5,8-10H2,2-3H3;3-4H,1-2H3,(H,17,18)(H2,12,13,14,15,16,19)/b20-17-;. The number of ether oxygens (including phenoxy) is 2. The van der Waals surface area contributed by atoms with Gasteiger partial charge in [0.2, 0.25) is 10.7 Å². The molecule has 0 radical (unpaired) electrons. The number of nitrogens with zero attached hydrogens (tertiary/aromatic N) is 7. The predicted octanol–water partition coefficient (Wildman–Crippen LogP) is 2.72. The lowest BCUT2D eigenvalue weighted by atomic mass is 9.92. The Morgan fingerprint density at radius 3 is 2.74 bits per heavy atom. The molecule has 5 heterocycles. The fraction of sp³-hybridized carbons (Fsp3) is 0.310. The number of halogens is 1. The van der Waals surface area contributed by atoms with Crippen LogP contribution in [0.3, 0.4) is 0 Å². The average Bonchev–Trinajstić information content (AvgIpc) is 3.75. The van der Waals surface area contributed by atoms with Crippen LogP contribution in [0.15, 0.2) is 33.5 Å². The Morgan fingerprint density at radius 2 is 2.04 bits per heavy atom. The van der Waals surface area contributed by atoms with Crippen molar-refractivity contribution in [3.8, 4) is 24.1 Å². The van der Waals surface area contributed by atoms with Crippen LogP contribution in [0, 0.1) is 30.5 Å². The molecule has 21 heteroatoms. The molecule has 0 unspecified atom stereocenters. The second-order valence-corrected chi connectivity index (χ2v) is 14.6. The lowest BCUT2D eigenvalue weighted by molar-refractivity contribution is -0.121. The van der Waals surface area contributed by atoms with Gasteiger partial charge in [-0.25, -0.2) is 32.1 Å². The molecule has 0 aliphatic carbocycles. The zero-order chi connectivity index (χ0) is 36.4. The van der Waals surface area contributed by atoms with Crippen LogP contribution in [-0.4, -0.2) is 75.6 Å². The highest BCUT2D eigenvalue weighted by molar-refractivity contribution is 7.90. The second kappa shape index (κ2) is 14.2. The van der Waals surface area contributed by atoms with E-state index in [0.717, 1.165) is 36.2 Å². The first kappa shape index (κ1) is 35.8. The number of aromatic carboxylic acids is 1. The number of hydrogen-bond donors (Lipinski definition) is 3. The summed E-state index contributed by atoms with van der Waals surface area (Å²) in [7, 11) is -3.06. The van der Waals surface area contributed by atoms with Crippen LogP contribution in [-0.2, 0) is 27.8 Å². The Balaban J connectivity index is 0.000000195. The fourth-order valence-electron chi connectivity index (χ4n) is 4.82. The van der Waals surface area contributed by atoms with Crippen molar-refractivity contribution in [3.05, 3.63) is 50.7 Å². The highest BCUT2D eigenvalue weighted by atomic mass is 32.2. The minimum atomic E-state index is -4.37. The van der Waals surface area contributed by atoms with Crippen molar-refractivity contribution in [2.75, 3.05) is 30.5 Å². The van der Waals surface area contributed by atoms with Crippen molar-refractivity contribution in [1.29, 1.82) is 0 Å². The molecule has 6 rings (SSSR count). The fourth-order valence-corrected chi connectivity index (χ4v) is 7.75. The largest absolute Gasteiger partial charge is 0.481 e. The SMILES string of the molecule is C#CCN1C(=O)COc2cc(F)c(/N=c3\snc4n3CC(C)(C)C4)cc21.COc1nc(C)nc(NC(=O)NS(=O)(=O)c2ccsc2C(=O)O)n1. The number of amides is 3. The van der Waals surface area contributed by atoms with E-state index in [1.54, 1.807) is 4.72 Å². The van der Waals surface area contributed by atoms with E-state index in [0.29, 0.717) is 16.2 Å². The van der Waals surface area contributed by atoms with Gasteiger partial charge in [0.05, 0.1) is 19.3 Å². The molecule has 4 aromatic rings. The van der Waals surface area contributed by atoms with Crippen LogP contribution >= 0.6 is 22.9 Å². The van der Waals surface area contributed by atoms with Gasteiger partial charge in [0, 0.05) is 30.6 Å². The Bertz CT molecular complexity index is 2220. The molecule has 3 amide bonds. The maximum atomic E-state index is 14.5. The lowest BCUT2D eigenvalue weighted by Crippen LogP contribution is -2.39. The van der Waals surface area contributed by atoms with Gasteiger partial charge in [0.1, 0.15) is 32.9 Å². The van der Waals surface area contributed by atoms with E-state index >= 15 is 0 Å². The predicted molar refractivity (Wildman–Crippen MR) is 178 cm³/mol. The number of aryl methyl sites for hydroxylation is 1. The van der Waals surface area contributed by atoms with Gasteiger partial charge in [-0.3, -0.25) is 15.0 Å². The Kier molecular flexibility index (Phi) is 10.2. The molecule has 2 aliphatic rings. The number of rotatable bonds is 7. The van der Waals surface area contributed by atoms with Crippen LogP contribution in [0.4, 0.5) is 26.5 Å². The highest BCUT2D eigenvalue weighted by Crippen LogP contribution is 2.37. The number of methoxy groups -OCH3 is 1. The number of nitrogens with one attached hydrogen (secondary N) is 2. The van der Waals surface area contributed by atoms with Gasteiger partial charge >= 0.3 is 18.0 Å². The molecule has 262 valence electrons. The Labute approximate surface area is 292 Å². The molecule has 17 nitrogen and oxygen atoms in total. The summed E-state index contributed by atoms with van der Waals surface area (Å²) in [5, 5.41) is 12.3. The number of carbonyl (C=O) groups excluding carboxylic acids is 2. The summed E-state index contributed by atoms with van der Waals surface area (Å²) in [5.74, 6) is 1.52. The van der Waals surface area contributed by atoms with Crippen molar-refractivity contribution in [2.45, 2.75) is 38.6 Å². The molecule has 1 aromatic carbocycles. The van der Waals surface area contributed by atoms with Crippen molar-refractivity contribution in [2.24, 2.45) is 10.4 Å². The van der Waals surface area contributed by atoms with Gasteiger partial charge < -0.3 is 19.1 Å². The number of anilines is 2. The van der Waals surface area contributed by atoms with Gasteiger partial charge in [0.25, 0.3) is 15.9 Å². The number of carboxylic acids is 1. The molecule has 50 heavy (non-hydrogen) atoms. The first-order valence-electron chi connectivity index (χ1n) is 14.3. The zero-order valence-electron chi connectivity index (χ0n) is 26.8. The van der Waals surface area contributed by atoms with Gasteiger partial charge in [-0.05, 0) is 29.9 Å². The third-order valence-corrected chi connectivity index (χ3v) is 10.1. The van der Waals surface area contributed by atoms with Crippen LogP contribution in [0.25, 0.3) is 0 Å². The number of benzene rings is 1. The van der Waals surface area contributed by atoms with Crippen molar-refractivity contribution >= 4 is 68.1 Å².